The summed E-state index contributed by atoms with van der Waals surface area (Å²) in [5.74, 6) is -1.65. The van der Waals surface area contributed by atoms with Crippen LogP contribution < -0.4 is 10.6 Å². The van der Waals surface area contributed by atoms with Gasteiger partial charge < -0.3 is 15.4 Å². The lowest BCUT2D eigenvalue weighted by atomic mass is 9.89. The van der Waals surface area contributed by atoms with E-state index in [0.717, 1.165) is 5.56 Å². The molecular formula is C22H23ClN2O4. The minimum Gasteiger partial charge on any atom is -0.463 e. The van der Waals surface area contributed by atoms with Crippen LogP contribution in [0, 0.1) is 0 Å². The summed E-state index contributed by atoms with van der Waals surface area (Å²) >= 11 is 6.31. The smallest absolute Gasteiger partial charge is 0.308 e. The molecule has 0 saturated heterocycles. The molecule has 0 bridgehead atoms. The Kier molecular flexibility index (Phi) is 6.54. The fraction of sp³-hybridized carbons (Fsp3) is 0.318. The van der Waals surface area contributed by atoms with E-state index in [0.29, 0.717) is 16.3 Å². The zero-order valence-electron chi connectivity index (χ0n) is 16.3. The summed E-state index contributed by atoms with van der Waals surface area (Å²) in [4.78, 5) is 37.5. The molecule has 0 aliphatic carbocycles. The quantitative estimate of drug-likeness (QED) is 0.700. The highest BCUT2D eigenvalue weighted by Gasteiger charge is 2.32. The van der Waals surface area contributed by atoms with Crippen LogP contribution in [0.5, 0.6) is 0 Å². The van der Waals surface area contributed by atoms with Crippen molar-refractivity contribution in [1.29, 1.82) is 0 Å². The monoisotopic (exact) mass is 414 g/mol. The predicted molar refractivity (Wildman–Crippen MR) is 111 cm³/mol. The van der Waals surface area contributed by atoms with Crippen molar-refractivity contribution in [2.24, 2.45) is 0 Å². The average Bonchev–Trinajstić information content (AvgIpc) is 2.66. The Bertz CT molecular complexity index is 929. The third kappa shape index (κ3) is 5.15. The van der Waals surface area contributed by atoms with E-state index in [1.165, 1.54) is 0 Å². The van der Waals surface area contributed by atoms with Crippen LogP contribution in [0.25, 0.3) is 0 Å². The number of nitrogens with one attached hydrogen (secondary N) is 2. The maximum Gasteiger partial charge on any atom is 0.308 e. The highest BCUT2D eigenvalue weighted by molar-refractivity contribution is 6.31. The first kappa shape index (κ1) is 20.9. The Balaban J connectivity index is 1.86. The first-order valence-corrected chi connectivity index (χ1v) is 9.86. The molecule has 29 heavy (non-hydrogen) atoms. The number of carbonyl (C=O) groups is 3. The van der Waals surface area contributed by atoms with E-state index in [1.54, 1.807) is 50.2 Å². The van der Waals surface area contributed by atoms with Crippen molar-refractivity contribution >= 4 is 35.1 Å². The second kappa shape index (κ2) is 9.09. The molecule has 2 unspecified atom stereocenters. The number of amides is 2. The van der Waals surface area contributed by atoms with Crippen LogP contribution in [0.1, 0.15) is 49.8 Å². The van der Waals surface area contributed by atoms with E-state index in [2.05, 4.69) is 10.6 Å². The van der Waals surface area contributed by atoms with Gasteiger partial charge in [-0.05, 0) is 37.1 Å². The van der Waals surface area contributed by atoms with E-state index >= 15 is 0 Å². The number of hydrogen-bond donors (Lipinski definition) is 2. The van der Waals surface area contributed by atoms with Gasteiger partial charge in [-0.1, -0.05) is 48.0 Å². The molecule has 2 aromatic carbocycles. The Hall–Kier alpha value is -2.86. The van der Waals surface area contributed by atoms with Gasteiger partial charge >= 0.3 is 5.97 Å². The standard InChI is InChI=1S/C22H23ClN2O4/c1-13(2)29-21(27)12-19(15-8-3-5-9-17(15)23)25-22(28)16-11-20(26)24-18-10-6-4-7-14(16)18/h3-10,13,16,19H,11-12H2,1-2H3,(H,24,26)(H,25,28). The van der Waals surface area contributed by atoms with E-state index in [1.807, 2.05) is 12.1 Å². The molecule has 1 aliphatic rings. The van der Waals surface area contributed by atoms with Crippen LogP contribution in [0.4, 0.5) is 5.69 Å². The highest BCUT2D eigenvalue weighted by Crippen LogP contribution is 2.33. The van der Waals surface area contributed by atoms with Gasteiger partial charge in [0.05, 0.1) is 24.5 Å². The minimum atomic E-state index is -0.667. The molecule has 0 spiro atoms. The number of esters is 1. The molecule has 0 saturated carbocycles. The van der Waals surface area contributed by atoms with Gasteiger partial charge in [-0.3, -0.25) is 14.4 Å². The average molecular weight is 415 g/mol. The first-order valence-electron chi connectivity index (χ1n) is 9.48. The number of hydrogen-bond acceptors (Lipinski definition) is 4. The Labute approximate surface area is 174 Å². The zero-order chi connectivity index (χ0) is 21.0. The highest BCUT2D eigenvalue weighted by atomic mass is 35.5. The van der Waals surface area contributed by atoms with Gasteiger partial charge in [0.25, 0.3) is 0 Å². The molecule has 152 valence electrons. The maximum absolute atomic E-state index is 13.1. The largest absolute Gasteiger partial charge is 0.463 e. The van der Waals surface area contributed by atoms with Crippen molar-refractivity contribution in [2.75, 3.05) is 5.32 Å². The number of fused-ring (bicyclic) bond motifs is 1. The number of anilines is 1. The molecule has 6 nitrogen and oxygen atoms in total. The SMILES string of the molecule is CC(C)OC(=O)CC(NC(=O)C1CC(=O)Nc2ccccc21)c1ccccc1Cl. The van der Waals surface area contributed by atoms with E-state index in [9.17, 15) is 14.4 Å². The van der Waals surface area contributed by atoms with Crippen LogP contribution >= 0.6 is 11.6 Å². The minimum absolute atomic E-state index is 0.0362. The Morgan fingerprint density at radius 1 is 1.17 bits per heavy atom. The third-order valence-electron chi connectivity index (χ3n) is 4.65. The summed E-state index contributed by atoms with van der Waals surface area (Å²) < 4.78 is 5.24. The van der Waals surface area contributed by atoms with Gasteiger partial charge in [0.1, 0.15) is 0 Å². The van der Waals surface area contributed by atoms with Gasteiger partial charge in [-0.15, -0.1) is 0 Å². The predicted octanol–water partition coefficient (Wildman–Crippen LogP) is 3.97. The van der Waals surface area contributed by atoms with E-state index in [-0.39, 0.29) is 30.8 Å². The molecule has 0 fully saturated rings. The van der Waals surface area contributed by atoms with Crippen molar-refractivity contribution in [3.63, 3.8) is 0 Å². The lowest BCUT2D eigenvalue weighted by Crippen LogP contribution is -2.38. The number of para-hydroxylation sites is 1. The molecule has 0 radical (unpaired) electrons. The van der Waals surface area contributed by atoms with Crippen LogP contribution in [0.3, 0.4) is 0 Å². The Morgan fingerprint density at radius 2 is 1.86 bits per heavy atom. The van der Waals surface area contributed by atoms with E-state index in [4.69, 9.17) is 16.3 Å². The van der Waals surface area contributed by atoms with Crippen molar-refractivity contribution in [1.82, 2.24) is 5.32 Å². The van der Waals surface area contributed by atoms with Crippen LogP contribution in [-0.2, 0) is 19.1 Å². The summed E-state index contributed by atoms with van der Waals surface area (Å²) in [5.41, 5.74) is 1.99. The van der Waals surface area contributed by atoms with Crippen LogP contribution in [-0.4, -0.2) is 23.9 Å². The zero-order valence-corrected chi connectivity index (χ0v) is 17.0. The fourth-order valence-corrected chi connectivity index (χ4v) is 3.66. The van der Waals surface area contributed by atoms with Gasteiger partial charge in [-0.2, -0.15) is 0 Å². The lowest BCUT2D eigenvalue weighted by Gasteiger charge is -2.27. The number of carbonyl (C=O) groups excluding carboxylic acids is 3. The van der Waals surface area contributed by atoms with Crippen molar-refractivity contribution in [3.8, 4) is 0 Å². The maximum atomic E-state index is 13.1. The summed E-state index contributed by atoms with van der Waals surface area (Å²) in [6.07, 6.45) is -0.290. The number of rotatable bonds is 6. The number of ether oxygens (including phenoxy) is 1. The van der Waals surface area contributed by atoms with Gasteiger partial charge in [0.15, 0.2) is 0 Å². The molecule has 1 aliphatic heterocycles. The van der Waals surface area contributed by atoms with Gasteiger partial charge in [-0.25, -0.2) is 0 Å². The van der Waals surface area contributed by atoms with Crippen LogP contribution in [0.15, 0.2) is 48.5 Å². The van der Waals surface area contributed by atoms with Gasteiger partial charge in [0, 0.05) is 17.1 Å². The Morgan fingerprint density at radius 3 is 2.59 bits per heavy atom. The second-order valence-corrected chi connectivity index (χ2v) is 7.62. The normalized spacial score (nSPS) is 16.6. The summed E-state index contributed by atoms with van der Waals surface area (Å²) in [6, 6.07) is 13.6. The topological polar surface area (TPSA) is 84.5 Å². The molecule has 2 atom stereocenters. The van der Waals surface area contributed by atoms with E-state index < -0.39 is 17.9 Å². The molecule has 7 heteroatoms. The van der Waals surface area contributed by atoms with Crippen molar-refractivity contribution in [2.45, 2.75) is 44.8 Å². The van der Waals surface area contributed by atoms with Crippen LogP contribution in [0.2, 0.25) is 5.02 Å². The first-order chi connectivity index (χ1) is 13.8. The third-order valence-corrected chi connectivity index (χ3v) is 5.00. The molecule has 2 N–H and O–H groups in total. The molecule has 2 amide bonds. The fourth-order valence-electron chi connectivity index (χ4n) is 3.39. The molecule has 3 rings (SSSR count). The van der Waals surface area contributed by atoms with Crippen molar-refractivity contribution < 1.29 is 19.1 Å². The van der Waals surface area contributed by atoms with Gasteiger partial charge in [0.2, 0.25) is 11.8 Å². The molecule has 0 aromatic heterocycles. The summed E-state index contributed by atoms with van der Waals surface area (Å²) in [6.45, 7) is 3.52. The van der Waals surface area contributed by atoms with Crippen molar-refractivity contribution in [3.05, 3.63) is 64.7 Å². The second-order valence-electron chi connectivity index (χ2n) is 7.22. The lowest BCUT2D eigenvalue weighted by molar-refractivity contribution is -0.148. The molecular weight excluding hydrogens is 392 g/mol. The number of benzene rings is 2. The number of halogens is 1. The summed E-state index contributed by atoms with van der Waals surface area (Å²) in [7, 11) is 0. The molecule has 1 heterocycles. The summed E-state index contributed by atoms with van der Waals surface area (Å²) in [5, 5.41) is 6.13. The molecule has 2 aromatic rings.